The second-order valence-corrected chi connectivity index (χ2v) is 8.60. The number of amides is 1. The van der Waals surface area contributed by atoms with Crippen molar-refractivity contribution in [1.82, 2.24) is 15.0 Å². The quantitative estimate of drug-likeness (QED) is 0.165. The number of carbonyl (C=O) groups is 1. The van der Waals surface area contributed by atoms with Gasteiger partial charge in [-0.15, -0.1) is 0 Å². The molecule has 0 spiro atoms. The number of nitrogens with one attached hydrogen (secondary N) is 1. The first kappa shape index (κ1) is 24.3. The molecule has 4 aromatic rings. The van der Waals surface area contributed by atoms with Crippen LogP contribution in [0.4, 0.5) is 0 Å². The molecule has 0 radical (unpaired) electrons. The van der Waals surface area contributed by atoms with Crippen LogP contribution in [0.3, 0.4) is 0 Å². The third kappa shape index (κ3) is 5.64. The molecule has 10 heteroatoms. The highest BCUT2D eigenvalue weighted by atomic mass is 35.5. The Morgan fingerprint density at radius 1 is 1.11 bits per heavy atom. The average molecular weight is 509 g/mol. The van der Waals surface area contributed by atoms with Crippen molar-refractivity contribution in [1.29, 1.82) is 0 Å². The Labute approximate surface area is 210 Å². The van der Waals surface area contributed by atoms with Crippen molar-refractivity contribution in [2.24, 2.45) is 5.10 Å². The van der Waals surface area contributed by atoms with Gasteiger partial charge in [-0.3, -0.25) is 14.2 Å². The highest BCUT2D eigenvalue weighted by Gasteiger charge is 2.15. The van der Waals surface area contributed by atoms with E-state index in [2.05, 4.69) is 15.5 Å². The Bertz CT molecular complexity index is 1450. The van der Waals surface area contributed by atoms with Gasteiger partial charge < -0.3 is 9.47 Å². The van der Waals surface area contributed by atoms with Crippen LogP contribution in [0.5, 0.6) is 11.5 Å². The lowest BCUT2D eigenvalue weighted by Crippen LogP contribution is -2.24. The number of rotatable bonds is 8. The molecule has 0 aliphatic carbocycles. The summed E-state index contributed by atoms with van der Waals surface area (Å²) in [6, 6.07) is 19.2. The molecule has 0 atom stereocenters. The number of methoxy groups -OCH3 is 2. The number of para-hydroxylation sites is 1. The summed E-state index contributed by atoms with van der Waals surface area (Å²) in [5, 5.41) is 5.43. The largest absolute Gasteiger partial charge is 0.497 e. The van der Waals surface area contributed by atoms with Crippen molar-refractivity contribution in [3.8, 4) is 17.2 Å². The van der Waals surface area contributed by atoms with Crippen LogP contribution in [0.2, 0.25) is 5.02 Å². The molecular weight excluding hydrogens is 488 g/mol. The third-order valence-corrected chi connectivity index (χ3v) is 6.19. The van der Waals surface area contributed by atoms with Crippen LogP contribution in [-0.4, -0.2) is 41.6 Å². The molecule has 35 heavy (non-hydrogen) atoms. The lowest BCUT2D eigenvalue weighted by molar-refractivity contribution is -0.118. The smallest absolute Gasteiger partial charge is 0.266 e. The van der Waals surface area contributed by atoms with Crippen molar-refractivity contribution in [3.05, 3.63) is 87.7 Å². The summed E-state index contributed by atoms with van der Waals surface area (Å²) in [6.07, 6.45) is 1.48. The Morgan fingerprint density at radius 3 is 2.63 bits per heavy atom. The molecule has 0 aliphatic heterocycles. The fourth-order valence-corrected chi connectivity index (χ4v) is 4.22. The summed E-state index contributed by atoms with van der Waals surface area (Å²) >= 11 is 7.15. The number of hydrogen-bond acceptors (Lipinski definition) is 7. The monoisotopic (exact) mass is 508 g/mol. The maximum Gasteiger partial charge on any atom is 0.266 e. The molecule has 0 saturated carbocycles. The molecular formula is C25H21ClN4O4S. The standard InChI is InChI=1S/C25H21ClN4O4S/c1-33-19-12-7-16(22(13-19)34-2)14-27-29-23(31)15-35-25-28-21-6-4-3-5-20(21)24(32)30(25)18-10-8-17(26)9-11-18/h3-14H,15H2,1-2H3,(H,29,31)/b27-14-. The molecule has 0 bridgehead atoms. The van der Waals surface area contributed by atoms with Crippen LogP contribution < -0.4 is 20.5 Å². The first-order valence-corrected chi connectivity index (χ1v) is 11.8. The number of aromatic nitrogens is 2. The number of hydrogen-bond donors (Lipinski definition) is 1. The van der Waals surface area contributed by atoms with Crippen LogP contribution in [0.15, 0.2) is 81.8 Å². The van der Waals surface area contributed by atoms with Crippen molar-refractivity contribution in [3.63, 3.8) is 0 Å². The highest BCUT2D eigenvalue weighted by Crippen LogP contribution is 2.24. The summed E-state index contributed by atoms with van der Waals surface area (Å²) in [6.45, 7) is 0. The van der Waals surface area contributed by atoms with Gasteiger partial charge in [0.2, 0.25) is 0 Å². The van der Waals surface area contributed by atoms with Crippen molar-refractivity contribution in [2.75, 3.05) is 20.0 Å². The maximum absolute atomic E-state index is 13.2. The number of halogens is 1. The van der Waals surface area contributed by atoms with Gasteiger partial charge in [0.25, 0.3) is 11.5 Å². The first-order chi connectivity index (χ1) is 17.0. The van der Waals surface area contributed by atoms with Gasteiger partial charge in [-0.05, 0) is 48.5 Å². The zero-order valence-electron chi connectivity index (χ0n) is 18.9. The normalized spacial score (nSPS) is 11.1. The minimum absolute atomic E-state index is 0.00451. The van der Waals surface area contributed by atoms with E-state index in [4.69, 9.17) is 21.1 Å². The van der Waals surface area contributed by atoms with E-state index in [0.717, 1.165) is 11.8 Å². The highest BCUT2D eigenvalue weighted by molar-refractivity contribution is 7.99. The fourth-order valence-electron chi connectivity index (χ4n) is 3.29. The number of nitrogens with zero attached hydrogens (tertiary/aromatic N) is 3. The van der Waals surface area contributed by atoms with E-state index >= 15 is 0 Å². The number of fused-ring (bicyclic) bond motifs is 1. The van der Waals surface area contributed by atoms with E-state index in [0.29, 0.717) is 43.8 Å². The van der Waals surface area contributed by atoms with Crippen molar-refractivity contribution >= 4 is 46.4 Å². The Morgan fingerprint density at radius 2 is 1.89 bits per heavy atom. The fraction of sp³-hybridized carbons (Fsp3) is 0.120. The summed E-state index contributed by atoms with van der Waals surface area (Å²) in [5.74, 6) is 0.844. The molecule has 1 N–H and O–H groups in total. The molecule has 1 heterocycles. The third-order valence-electron chi connectivity index (χ3n) is 5.00. The average Bonchev–Trinajstić information content (AvgIpc) is 2.88. The van der Waals surface area contributed by atoms with Crippen LogP contribution in [0.25, 0.3) is 16.6 Å². The molecule has 0 saturated heterocycles. The van der Waals surface area contributed by atoms with Crippen molar-refractivity contribution < 1.29 is 14.3 Å². The predicted octanol–water partition coefficient (Wildman–Crippen LogP) is 4.30. The van der Waals surface area contributed by atoms with E-state index in [1.807, 2.05) is 6.07 Å². The molecule has 0 fully saturated rings. The van der Waals surface area contributed by atoms with Crippen LogP contribution in [0.1, 0.15) is 5.56 Å². The Kier molecular flexibility index (Phi) is 7.69. The van der Waals surface area contributed by atoms with Gasteiger partial charge in [0.15, 0.2) is 5.16 Å². The summed E-state index contributed by atoms with van der Waals surface area (Å²) in [4.78, 5) is 30.3. The SMILES string of the molecule is COc1ccc(/C=N\NC(=O)CSc2nc3ccccc3c(=O)n2-c2ccc(Cl)cc2)c(OC)c1. The minimum Gasteiger partial charge on any atom is -0.497 e. The molecule has 0 aliphatic rings. The number of carbonyl (C=O) groups excluding carboxylic acids is 1. The van der Waals surface area contributed by atoms with Crippen LogP contribution in [0, 0.1) is 0 Å². The van der Waals surface area contributed by atoms with Crippen LogP contribution >= 0.6 is 23.4 Å². The summed E-state index contributed by atoms with van der Waals surface area (Å²) < 4.78 is 12.0. The molecule has 1 aromatic heterocycles. The van der Waals surface area contributed by atoms with E-state index < -0.39 is 0 Å². The Balaban J connectivity index is 1.53. The zero-order valence-corrected chi connectivity index (χ0v) is 20.5. The number of ether oxygens (including phenoxy) is 2. The van der Waals surface area contributed by atoms with Crippen molar-refractivity contribution in [2.45, 2.75) is 5.16 Å². The molecule has 1 amide bonds. The van der Waals surface area contributed by atoms with Gasteiger partial charge in [-0.1, -0.05) is 35.5 Å². The number of benzene rings is 3. The number of hydrazone groups is 1. The second-order valence-electron chi connectivity index (χ2n) is 7.22. The molecule has 8 nitrogen and oxygen atoms in total. The van der Waals surface area contributed by atoms with Gasteiger partial charge in [0.05, 0.1) is 42.8 Å². The van der Waals surface area contributed by atoms with E-state index in [-0.39, 0.29) is 17.2 Å². The lowest BCUT2D eigenvalue weighted by Gasteiger charge is -2.13. The number of thioether (sulfide) groups is 1. The zero-order chi connectivity index (χ0) is 24.8. The molecule has 178 valence electrons. The lowest BCUT2D eigenvalue weighted by atomic mass is 10.2. The van der Waals surface area contributed by atoms with E-state index in [9.17, 15) is 9.59 Å². The summed E-state index contributed by atoms with van der Waals surface area (Å²) in [7, 11) is 3.11. The maximum atomic E-state index is 13.2. The molecule has 0 unspecified atom stereocenters. The second kappa shape index (κ2) is 11.1. The van der Waals surface area contributed by atoms with Gasteiger partial charge >= 0.3 is 0 Å². The van der Waals surface area contributed by atoms with Gasteiger partial charge in [0.1, 0.15) is 11.5 Å². The predicted molar refractivity (Wildman–Crippen MR) is 138 cm³/mol. The van der Waals surface area contributed by atoms with Gasteiger partial charge in [-0.25, -0.2) is 10.4 Å². The molecule has 3 aromatic carbocycles. The van der Waals surface area contributed by atoms with Gasteiger partial charge in [-0.2, -0.15) is 5.10 Å². The van der Waals surface area contributed by atoms with E-state index in [1.54, 1.807) is 67.8 Å². The Hall–Kier alpha value is -3.82. The van der Waals surface area contributed by atoms with Crippen LogP contribution in [-0.2, 0) is 4.79 Å². The topological polar surface area (TPSA) is 94.8 Å². The molecule has 4 rings (SSSR count). The van der Waals surface area contributed by atoms with E-state index in [1.165, 1.54) is 17.9 Å². The van der Waals surface area contributed by atoms with Gasteiger partial charge in [0, 0.05) is 16.7 Å². The first-order valence-electron chi connectivity index (χ1n) is 10.4. The summed E-state index contributed by atoms with van der Waals surface area (Å²) in [5.41, 5.74) is 4.09. The minimum atomic E-state index is -0.358.